The van der Waals surface area contributed by atoms with Crippen molar-refractivity contribution in [3.05, 3.63) is 28.3 Å². The van der Waals surface area contributed by atoms with Gasteiger partial charge in [0.1, 0.15) is 11.5 Å². The Morgan fingerprint density at radius 2 is 2.32 bits per heavy atom. The van der Waals surface area contributed by atoms with Crippen LogP contribution in [0.1, 0.15) is 23.6 Å². The summed E-state index contributed by atoms with van der Waals surface area (Å²) in [5.74, 6) is 1.54. The number of carbonyl (C=O) groups excluding carboxylic acids is 1. The number of amides is 1. The normalized spacial score (nSPS) is 16.7. The molecule has 1 saturated heterocycles. The van der Waals surface area contributed by atoms with Gasteiger partial charge in [-0.05, 0) is 38.4 Å². The van der Waals surface area contributed by atoms with Crippen molar-refractivity contribution in [3.8, 4) is 11.5 Å². The Morgan fingerprint density at radius 1 is 1.50 bits per heavy atom. The van der Waals surface area contributed by atoms with Gasteiger partial charge in [0.05, 0.1) is 17.6 Å². The van der Waals surface area contributed by atoms with Crippen molar-refractivity contribution in [2.45, 2.75) is 32.4 Å². The van der Waals surface area contributed by atoms with Crippen LogP contribution >= 0.6 is 36.2 Å². The molecule has 2 N–H and O–H groups in total. The second-order valence-electron chi connectivity index (χ2n) is 4.88. The lowest BCUT2D eigenvalue weighted by molar-refractivity contribution is -0.123. The van der Waals surface area contributed by atoms with Crippen LogP contribution in [0.3, 0.4) is 0 Å². The molecule has 2 aromatic heterocycles. The van der Waals surface area contributed by atoms with Crippen LogP contribution in [0.25, 0.3) is 11.5 Å². The van der Waals surface area contributed by atoms with Gasteiger partial charge in [0.25, 0.3) is 0 Å². The van der Waals surface area contributed by atoms with E-state index >= 15 is 0 Å². The first-order valence-electron chi connectivity index (χ1n) is 6.75. The number of thiazole rings is 1. The van der Waals surface area contributed by atoms with Crippen molar-refractivity contribution in [2.24, 2.45) is 0 Å². The van der Waals surface area contributed by atoms with E-state index in [1.807, 2.05) is 24.4 Å². The molecule has 3 heterocycles. The summed E-state index contributed by atoms with van der Waals surface area (Å²) in [5, 5.41) is 9.06. The fourth-order valence-corrected chi connectivity index (χ4v) is 2.90. The summed E-state index contributed by atoms with van der Waals surface area (Å²) in [6, 6.07) is 3.72. The van der Waals surface area contributed by atoms with E-state index in [4.69, 9.17) is 4.42 Å². The zero-order chi connectivity index (χ0) is 13.9. The van der Waals surface area contributed by atoms with Crippen LogP contribution in [0.2, 0.25) is 0 Å². The van der Waals surface area contributed by atoms with Crippen molar-refractivity contribution in [1.82, 2.24) is 15.6 Å². The highest BCUT2D eigenvalue weighted by Crippen LogP contribution is 2.23. The van der Waals surface area contributed by atoms with Gasteiger partial charge >= 0.3 is 0 Å². The molecule has 1 aliphatic heterocycles. The summed E-state index contributed by atoms with van der Waals surface area (Å²) in [7, 11) is 0. The number of nitrogens with zero attached hydrogens (tertiary/aromatic N) is 1. The van der Waals surface area contributed by atoms with Crippen LogP contribution in [0, 0.1) is 6.92 Å². The van der Waals surface area contributed by atoms with E-state index in [-0.39, 0.29) is 36.8 Å². The van der Waals surface area contributed by atoms with Crippen molar-refractivity contribution in [1.29, 1.82) is 0 Å². The highest BCUT2D eigenvalue weighted by molar-refractivity contribution is 7.09. The minimum atomic E-state index is -0.0503. The Kier molecular flexibility index (Phi) is 7.35. The number of halogens is 2. The topological polar surface area (TPSA) is 67.2 Å². The molecule has 1 fully saturated rings. The monoisotopic (exact) mass is 363 g/mol. The molecule has 22 heavy (non-hydrogen) atoms. The van der Waals surface area contributed by atoms with Crippen LogP contribution in [0.5, 0.6) is 0 Å². The Balaban J connectivity index is 0.00000121. The third kappa shape index (κ3) is 4.46. The van der Waals surface area contributed by atoms with Crippen molar-refractivity contribution < 1.29 is 9.21 Å². The average molecular weight is 364 g/mol. The van der Waals surface area contributed by atoms with E-state index in [0.29, 0.717) is 6.54 Å². The second kappa shape index (κ2) is 8.53. The molecule has 1 atom stereocenters. The number of nitrogens with one attached hydrogen (secondary N) is 2. The van der Waals surface area contributed by atoms with E-state index in [1.165, 1.54) is 0 Å². The third-order valence-electron chi connectivity index (χ3n) is 3.35. The van der Waals surface area contributed by atoms with E-state index in [2.05, 4.69) is 15.6 Å². The molecule has 5 nitrogen and oxygen atoms in total. The maximum atomic E-state index is 11.9. The Morgan fingerprint density at radius 3 is 2.95 bits per heavy atom. The lowest BCUT2D eigenvalue weighted by Gasteiger charge is -2.09. The molecule has 1 unspecified atom stereocenters. The summed E-state index contributed by atoms with van der Waals surface area (Å²) in [5.41, 5.74) is 0.850. The number of furan rings is 1. The lowest BCUT2D eigenvalue weighted by atomic mass is 10.2. The molecule has 0 bridgehead atoms. The highest BCUT2D eigenvalue weighted by Gasteiger charge is 2.21. The smallest absolute Gasteiger partial charge is 0.237 e. The van der Waals surface area contributed by atoms with Gasteiger partial charge in [0.15, 0.2) is 5.76 Å². The maximum Gasteiger partial charge on any atom is 0.237 e. The van der Waals surface area contributed by atoms with Crippen LogP contribution < -0.4 is 10.6 Å². The van der Waals surface area contributed by atoms with Gasteiger partial charge in [0.2, 0.25) is 5.91 Å². The van der Waals surface area contributed by atoms with Gasteiger partial charge < -0.3 is 15.1 Å². The van der Waals surface area contributed by atoms with Crippen LogP contribution in [-0.2, 0) is 11.3 Å². The van der Waals surface area contributed by atoms with Gasteiger partial charge in [-0.15, -0.1) is 36.2 Å². The number of hydrogen-bond acceptors (Lipinski definition) is 5. The fraction of sp³-hybridized carbons (Fsp3) is 0.429. The first kappa shape index (κ1) is 19.0. The van der Waals surface area contributed by atoms with Crippen LogP contribution in [0.15, 0.2) is 21.9 Å². The molecule has 8 heteroatoms. The number of aryl methyl sites for hydroxylation is 1. The van der Waals surface area contributed by atoms with Crippen LogP contribution in [-0.4, -0.2) is 23.5 Å². The van der Waals surface area contributed by atoms with Gasteiger partial charge in [-0.2, -0.15) is 0 Å². The van der Waals surface area contributed by atoms with Crippen molar-refractivity contribution >= 4 is 42.1 Å². The SMILES string of the molecule is Cc1nc(-c2ccc(CNC(=O)C3CCCN3)o2)cs1.Cl.Cl. The van der Waals surface area contributed by atoms with Gasteiger partial charge in [-0.3, -0.25) is 4.79 Å². The van der Waals surface area contributed by atoms with Gasteiger partial charge in [0, 0.05) is 5.38 Å². The molecular weight excluding hydrogens is 345 g/mol. The zero-order valence-corrected chi connectivity index (χ0v) is 14.6. The van der Waals surface area contributed by atoms with E-state index < -0.39 is 0 Å². The minimum absolute atomic E-state index is 0. The highest BCUT2D eigenvalue weighted by atomic mass is 35.5. The average Bonchev–Trinajstić information content (AvgIpc) is 3.16. The third-order valence-corrected chi connectivity index (χ3v) is 4.12. The molecule has 0 aromatic carbocycles. The maximum absolute atomic E-state index is 11.9. The molecule has 1 aliphatic rings. The quantitative estimate of drug-likeness (QED) is 0.876. The molecule has 0 aliphatic carbocycles. The Hall–Kier alpha value is -1.08. The molecular formula is C14H19Cl2N3O2S. The molecule has 1 amide bonds. The van der Waals surface area contributed by atoms with E-state index in [1.54, 1.807) is 11.3 Å². The minimum Gasteiger partial charge on any atom is -0.458 e. The summed E-state index contributed by atoms with van der Waals surface area (Å²) in [6.45, 7) is 3.30. The van der Waals surface area contributed by atoms with Crippen molar-refractivity contribution in [2.75, 3.05) is 6.54 Å². The molecule has 0 radical (unpaired) electrons. The molecule has 0 spiro atoms. The number of hydrogen-bond donors (Lipinski definition) is 2. The largest absolute Gasteiger partial charge is 0.458 e. The molecule has 3 rings (SSSR count). The predicted molar refractivity (Wildman–Crippen MR) is 91.9 cm³/mol. The molecule has 0 saturated carbocycles. The first-order valence-corrected chi connectivity index (χ1v) is 7.62. The summed E-state index contributed by atoms with van der Waals surface area (Å²) in [4.78, 5) is 16.3. The van der Waals surface area contributed by atoms with Crippen LogP contribution in [0.4, 0.5) is 0 Å². The summed E-state index contributed by atoms with van der Waals surface area (Å²) >= 11 is 1.59. The first-order chi connectivity index (χ1) is 9.72. The van der Waals surface area contributed by atoms with Gasteiger partial charge in [-0.25, -0.2) is 4.98 Å². The fourth-order valence-electron chi connectivity index (χ4n) is 2.29. The number of carbonyl (C=O) groups is 1. The zero-order valence-electron chi connectivity index (χ0n) is 12.1. The predicted octanol–water partition coefficient (Wildman–Crippen LogP) is 2.92. The second-order valence-corrected chi connectivity index (χ2v) is 5.95. The van der Waals surface area contributed by atoms with E-state index in [0.717, 1.165) is 41.6 Å². The number of aromatic nitrogens is 1. The van der Waals surface area contributed by atoms with Crippen molar-refractivity contribution in [3.63, 3.8) is 0 Å². The molecule has 122 valence electrons. The Bertz CT molecular complexity index is 609. The summed E-state index contributed by atoms with van der Waals surface area (Å²) < 4.78 is 5.71. The lowest BCUT2D eigenvalue weighted by Crippen LogP contribution is -2.39. The van der Waals surface area contributed by atoms with Gasteiger partial charge in [-0.1, -0.05) is 0 Å². The summed E-state index contributed by atoms with van der Waals surface area (Å²) in [6.07, 6.45) is 1.97. The molecule has 2 aromatic rings. The van der Waals surface area contributed by atoms with E-state index in [9.17, 15) is 4.79 Å². The number of rotatable bonds is 4. The Labute approximate surface area is 145 Å². The standard InChI is InChI=1S/C14H17N3O2S.2ClH/c1-9-17-12(8-20-9)13-5-4-10(19-13)7-16-14(18)11-3-2-6-15-11;;/h4-5,8,11,15H,2-3,6-7H2,1H3,(H,16,18);2*1H.